The van der Waals surface area contributed by atoms with Gasteiger partial charge in [0.25, 0.3) is 5.91 Å². The second kappa shape index (κ2) is 5.00. The van der Waals surface area contributed by atoms with Crippen LogP contribution in [0.15, 0.2) is 36.7 Å². The van der Waals surface area contributed by atoms with Crippen molar-refractivity contribution in [3.63, 3.8) is 0 Å². The molecule has 2 aromatic rings. The third kappa shape index (κ3) is 2.15. The summed E-state index contributed by atoms with van der Waals surface area (Å²) in [6, 6.07) is 6.82. The van der Waals surface area contributed by atoms with Gasteiger partial charge in [-0.25, -0.2) is 4.79 Å². The van der Waals surface area contributed by atoms with Gasteiger partial charge in [0.15, 0.2) is 0 Å². The van der Waals surface area contributed by atoms with E-state index in [0.29, 0.717) is 18.5 Å². The van der Waals surface area contributed by atoms with E-state index in [0.717, 1.165) is 18.4 Å². The van der Waals surface area contributed by atoms with Crippen molar-refractivity contribution in [2.45, 2.75) is 25.3 Å². The molecule has 0 aromatic carbocycles. The first-order chi connectivity index (χ1) is 9.66. The van der Waals surface area contributed by atoms with Gasteiger partial charge in [-0.05, 0) is 37.5 Å². The van der Waals surface area contributed by atoms with E-state index in [1.54, 1.807) is 12.3 Å². The fourth-order valence-corrected chi connectivity index (χ4v) is 2.77. The highest BCUT2D eigenvalue weighted by atomic mass is 16.4. The van der Waals surface area contributed by atoms with Crippen molar-refractivity contribution >= 4 is 17.4 Å². The largest absolute Gasteiger partial charge is 0.480 e. The molecule has 1 aliphatic rings. The molecule has 0 saturated carbocycles. The molecule has 5 heteroatoms. The van der Waals surface area contributed by atoms with Crippen LogP contribution in [-0.2, 0) is 4.79 Å². The van der Waals surface area contributed by atoms with Gasteiger partial charge in [0.1, 0.15) is 6.04 Å². The molecule has 0 bridgehead atoms. The summed E-state index contributed by atoms with van der Waals surface area (Å²) in [4.78, 5) is 25.3. The minimum absolute atomic E-state index is 0.194. The maximum atomic E-state index is 12.5. The highest BCUT2D eigenvalue weighted by molar-refractivity contribution is 5.97. The number of piperidine rings is 1. The normalized spacial score (nSPS) is 19.2. The van der Waals surface area contributed by atoms with Gasteiger partial charge in [-0.3, -0.25) is 4.79 Å². The lowest BCUT2D eigenvalue weighted by Crippen LogP contribution is -2.47. The van der Waals surface area contributed by atoms with Crippen molar-refractivity contribution in [1.29, 1.82) is 0 Å². The monoisotopic (exact) mass is 272 g/mol. The number of hydrogen-bond donors (Lipinski definition) is 1. The fraction of sp³-hybridized carbons (Fsp3) is 0.333. The number of carbonyl (C=O) groups is 2. The van der Waals surface area contributed by atoms with Gasteiger partial charge in [0, 0.05) is 24.5 Å². The number of carboxylic acids is 1. The Bertz CT molecular complexity index is 629. The van der Waals surface area contributed by atoms with E-state index in [1.165, 1.54) is 4.90 Å². The molecule has 2 aromatic heterocycles. The number of aliphatic carboxylic acids is 1. The molecule has 3 rings (SSSR count). The molecule has 3 heterocycles. The molecular formula is C15H16N2O3. The minimum atomic E-state index is -0.915. The minimum Gasteiger partial charge on any atom is -0.480 e. The summed E-state index contributed by atoms with van der Waals surface area (Å²) in [7, 11) is 0. The lowest BCUT2D eigenvalue weighted by molar-refractivity contribution is -0.143. The lowest BCUT2D eigenvalue weighted by Gasteiger charge is -2.32. The average molecular weight is 272 g/mol. The number of pyridine rings is 1. The molecule has 1 atom stereocenters. The van der Waals surface area contributed by atoms with Crippen LogP contribution in [0.25, 0.3) is 5.52 Å². The molecule has 5 nitrogen and oxygen atoms in total. The zero-order chi connectivity index (χ0) is 14.1. The fourth-order valence-electron chi connectivity index (χ4n) is 2.77. The van der Waals surface area contributed by atoms with Crippen LogP contribution in [0.3, 0.4) is 0 Å². The molecule has 0 radical (unpaired) electrons. The topological polar surface area (TPSA) is 62.0 Å². The number of likely N-dealkylation sites (tertiary alicyclic amines) is 1. The van der Waals surface area contributed by atoms with Crippen molar-refractivity contribution in [2.24, 2.45) is 0 Å². The van der Waals surface area contributed by atoms with Crippen molar-refractivity contribution in [2.75, 3.05) is 6.54 Å². The first kappa shape index (κ1) is 12.7. The van der Waals surface area contributed by atoms with E-state index in [2.05, 4.69) is 0 Å². The molecule has 1 amide bonds. The van der Waals surface area contributed by atoms with Gasteiger partial charge in [-0.1, -0.05) is 6.07 Å². The van der Waals surface area contributed by atoms with E-state index < -0.39 is 12.0 Å². The van der Waals surface area contributed by atoms with Crippen LogP contribution >= 0.6 is 0 Å². The smallest absolute Gasteiger partial charge is 0.326 e. The Labute approximate surface area is 116 Å². The summed E-state index contributed by atoms with van der Waals surface area (Å²) in [6.45, 7) is 0.516. The Morgan fingerprint density at radius 2 is 2.10 bits per heavy atom. The van der Waals surface area contributed by atoms with Crippen molar-refractivity contribution in [1.82, 2.24) is 9.30 Å². The van der Waals surface area contributed by atoms with Crippen LogP contribution in [0.4, 0.5) is 0 Å². The molecule has 1 N–H and O–H groups in total. The first-order valence-corrected chi connectivity index (χ1v) is 6.77. The summed E-state index contributed by atoms with van der Waals surface area (Å²) >= 11 is 0. The summed E-state index contributed by atoms with van der Waals surface area (Å²) in [5.41, 5.74) is 1.48. The zero-order valence-electron chi connectivity index (χ0n) is 11.0. The highest BCUT2D eigenvalue weighted by Crippen LogP contribution is 2.21. The molecule has 1 saturated heterocycles. The molecule has 0 spiro atoms. The summed E-state index contributed by atoms with van der Waals surface area (Å²) in [5, 5.41) is 9.25. The van der Waals surface area contributed by atoms with Crippen LogP contribution in [0, 0.1) is 0 Å². The SMILES string of the molecule is O=C(O)[C@H]1CCCCN1C(=O)c1cc2ccccn2c1. The van der Waals surface area contributed by atoms with E-state index in [-0.39, 0.29) is 5.91 Å². The second-order valence-corrected chi connectivity index (χ2v) is 5.11. The molecular weight excluding hydrogens is 256 g/mol. The molecule has 104 valence electrons. The van der Waals surface area contributed by atoms with Crippen molar-refractivity contribution in [3.05, 3.63) is 42.2 Å². The van der Waals surface area contributed by atoms with Crippen LogP contribution in [0.2, 0.25) is 0 Å². The van der Waals surface area contributed by atoms with Gasteiger partial charge in [0.2, 0.25) is 0 Å². The van der Waals surface area contributed by atoms with Crippen LogP contribution in [-0.4, -0.2) is 38.9 Å². The van der Waals surface area contributed by atoms with E-state index in [4.69, 9.17) is 0 Å². The number of carboxylic acid groups (broad SMARTS) is 1. The van der Waals surface area contributed by atoms with E-state index >= 15 is 0 Å². The van der Waals surface area contributed by atoms with Gasteiger partial charge < -0.3 is 14.4 Å². The Morgan fingerprint density at radius 3 is 2.85 bits per heavy atom. The lowest BCUT2D eigenvalue weighted by atomic mass is 10.0. The third-order valence-corrected chi connectivity index (χ3v) is 3.80. The van der Waals surface area contributed by atoms with Crippen LogP contribution < -0.4 is 0 Å². The predicted molar refractivity (Wildman–Crippen MR) is 73.7 cm³/mol. The Balaban J connectivity index is 1.92. The van der Waals surface area contributed by atoms with Gasteiger partial charge in [-0.15, -0.1) is 0 Å². The first-order valence-electron chi connectivity index (χ1n) is 6.77. The Morgan fingerprint density at radius 1 is 1.25 bits per heavy atom. The molecule has 1 aliphatic heterocycles. The van der Waals surface area contributed by atoms with Crippen LogP contribution in [0.5, 0.6) is 0 Å². The highest BCUT2D eigenvalue weighted by Gasteiger charge is 2.32. The Kier molecular flexibility index (Phi) is 3.18. The number of fused-ring (bicyclic) bond motifs is 1. The molecule has 0 unspecified atom stereocenters. The molecule has 0 aliphatic carbocycles. The van der Waals surface area contributed by atoms with Gasteiger partial charge >= 0.3 is 5.97 Å². The second-order valence-electron chi connectivity index (χ2n) is 5.11. The number of nitrogens with zero attached hydrogens (tertiary/aromatic N) is 2. The van der Waals surface area contributed by atoms with E-state index in [9.17, 15) is 14.7 Å². The standard InChI is InChI=1S/C15H16N2O3/c18-14(17-8-4-2-6-13(17)15(19)20)11-9-12-5-1-3-7-16(12)10-11/h1,3,5,7,9-10,13H,2,4,6,8H2,(H,19,20)/t13-/m1/s1. The maximum Gasteiger partial charge on any atom is 0.326 e. The van der Waals surface area contributed by atoms with Crippen LogP contribution in [0.1, 0.15) is 29.6 Å². The zero-order valence-corrected chi connectivity index (χ0v) is 11.0. The average Bonchev–Trinajstić information content (AvgIpc) is 2.90. The summed E-state index contributed by atoms with van der Waals surface area (Å²) in [6.07, 6.45) is 5.89. The Hall–Kier alpha value is -2.30. The molecule has 1 fully saturated rings. The molecule has 20 heavy (non-hydrogen) atoms. The van der Waals surface area contributed by atoms with Gasteiger partial charge in [0.05, 0.1) is 5.56 Å². The van der Waals surface area contributed by atoms with Gasteiger partial charge in [-0.2, -0.15) is 0 Å². The number of hydrogen-bond acceptors (Lipinski definition) is 2. The van der Waals surface area contributed by atoms with E-state index in [1.807, 2.05) is 28.8 Å². The quantitative estimate of drug-likeness (QED) is 0.909. The number of rotatable bonds is 2. The third-order valence-electron chi connectivity index (χ3n) is 3.80. The predicted octanol–water partition coefficient (Wildman–Crippen LogP) is 2.02. The number of aromatic nitrogens is 1. The van der Waals surface area contributed by atoms with Crippen molar-refractivity contribution in [3.8, 4) is 0 Å². The summed E-state index contributed by atoms with van der Waals surface area (Å²) < 4.78 is 1.87. The number of carbonyl (C=O) groups excluding carboxylic acids is 1. The maximum absolute atomic E-state index is 12.5. The van der Waals surface area contributed by atoms with Crippen molar-refractivity contribution < 1.29 is 14.7 Å². The summed E-state index contributed by atoms with van der Waals surface area (Å²) in [5.74, 6) is -1.11. The number of amides is 1.